The largest absolute Gasteiger partial charge is 0.478 e. The Morgan fingerprint density at radius 2 is 2.33 bits per heavy atom. The molecular formula is C12H13N3O4S2. The van der Waals surface area contributed by atoms with Crippen molar-refractivity contribution in [2.24, 2.45) is 0 Å². The summed E-state index contributed by atoms with van der Waals surface area (Å²) in [6.45, 7) is 0.199. The van der Waals surface area contributed by atoms with E-state index < -0.39 is 16.0 Å². The van der Waals surface area contributed by atoms with Crippen LogP contribution in [0.2, 0.25) is 0 Å². The van der Waals surface area contributed by atoms with Crippen molar-refractivity contribution >= 4 is 33.4 Å². The second kappa shape index (κ2) is 6.20. The first kappa shape index (κ1) is 15.4. The van der Waals surface area contributed by atoms with Gasteiger partial charge >= 0.3 is 5.97 Å². The Labute approximate surface area is 125 Å². The van der Waals surface area contributed by atoms with Gasteiger partial charge in [-0.3, -0.25) is 5.10 Å². The summed E-state index contributed by atoms with van der Waals surface area (Å²) in [5.41, 5.74) is 0.791. The first-order valence-electron chi connectivity index (χ1n) is 5.83. The van der Waals surface area contributed by atoms with E-state index in [1.165, 1.54) is 41.2 Å². The third-order valence-corrected chi connectivity index (χ3v) is 5.37. The van der Waals surface area contributed by atoms with Crippen LogP contribution in [0.15, 0.2) is 34.8 Å². The first-order chi connectivity index (χ1) is 9.89. The van der Waals surface area contributed by atoms with Gasteiger partial charge in [0, 0.05) is 30.7 Å². The number of hydrogen-bond donors (Lipinski definition) is 2. The lowest BCUT2D eigenvalue weighted by atomic mass is 10.3. The third kappa shape index (κ3) is 3.78. The van der Waals surface area contributed by atoms with Gasteiger partial charge in [-0.05, 0) is 23.1 Å². The van der Waals surface area contributed by atoms with Crippen LogP contribution in [0.25, 0.3) is 6.08 Å². The predicted molar refractivity (Wildman–Crippen MR) is 78.2 cm³/mol. The molecule has 21 heavy (non-hydrogen) atoms. The molecule has 0 bridgehead atoms. The van der Waals surface area contributed by atoms with Gasteiger partial charge < -0.3 is 5.11 Å². The summed E-state index contributed by atoms with van der Waals surface area (Å²) >= 11 is 1.35. The van der Waals surface area contributed by atoms with Crippen molar-refractivity contribution in [2.45, 2.75) is 11.4 Å². The molecule has 7 nitrogen and oxygen atoms in total. The summed E-state index contributed by atoms with van der Waals surface area (Å²) in [7, 11) is -2.10. The molecule has 9 heteroatoms. The van der Waals surface area contributed by atoms with Crippen molar-refractivity contribution < 1.29 is 18.3 Å². The Hall–Kier alpha value is -1.97. The molecule has 0 saturated carbocycles. The number of carboxylic acid groups (broad SMARTS) is 1. The normalized spacial score (nSPS) is 12.3. The zero-order valence-electron chi connectivity index (χ0n) is 11.1. The highest BCUT2D eigenvalue weighted by atomic mass is 32.2. The highest BCUT2D eigenvalue weighted by Crippen LogP contribution is 2.20. The summed E-state index contributed by atoms with van der Waals surface area (Å²) in [5.74, 6) is -1.02. The number of nitrogens with zero attached hydrogens (tertiary/aromatic N) is 2. The van der Waals surface area contributed by atoms with Gasteiger partial charge in [0.2, 0.25) is 10.0 Å². The Kier molecular flexibility index (Phi) is 4.56. The minimum atomic E-state index is -3.58. The molecule has 2 rings (SSSR count). The molecule has 0 fully saturated rings. The molecule has 0 spiro atoms. The molecule has 2 aromatic heterocycles. The molecule has 0 aliphatic carbocycles. The predicted octanol–water partition coefficient (Wildman–Crippen LogP) is 1.39. The van der Waals surface area contributed by atoms with Crippen molar-refractivity contribution in [1.82, 2.24) is 14.5 Å². The van der Waals surface area contributed by atoms with Gasteiger partial charge in [0.25, 0.3) is 0 Å². The van der Waals surface area contributed by atoms with E-state index in [0.717, 1.165) is 16.5 Å². The number of H-pyrrole nitrogens is 1. The molecule has 0 unspecified atom stereocenters. The van der Waals surface area contributed by atoms with Crippen LogP contribution in [-0.4, -0.2) is 41.0 Å². The molecule has 2 aromatic rings. The molecule has 0 aliphatic rings. The third-order valence-electron chi connectivity index (χ3n) is 2.65. The maximum atomic E-state index is 12.2. The molecule has 0 aromatic carbocycles. The summed E-state index contributed by atoms with van der Waals surface area (Å²) in [6, 6.07) is 1.76. The number of carboxylic acids is 1. The Morgan fingerprint density at radius 3 is 2.95 bits per heavy atom. The monoisotopic (exact) mass is 327 g/mol. The number of nitrogens with one attached hydrogen (secondary N) is 1. The fraction of sp³-hybridized carbons (Fsp3) is 0.167. The van der Waals surface area contributed by atoms with E-state index in [2.05, 4.69) is 10.2 Å². The molecule has 0 amide bonds. The Bertz CT molecular complexity index is 747. The lowest BCUT2D eigenvalue weighted by molar-refractivity contribution is -0.131. The molecule has 0 saturated heterocycles. The van der Waals surface area contributed by atoms with Crippen LogP contribution in [0.1, 0.15) is 10.4 Å². The van der Waals surface area contributed by atoms with Crippen LogP contribution < -0.4 is 0 Å². The van der Waals surface area contributed by atoms with Gasteiger partial charge in [-0.2, -0.15) is 9.40 Å². The first-order valence-corrected chi connectivity index (χ1v) is 8.15. The SMILES string of the molecule is CN(Cc1csc(C=CC(=O)O)c1)S(=O)(=O)c1cn[nH]c1. The minimum Gasteiger partial charge on any atom is -0.478 e. The van der Waals surface area contributed by atoms with Crippen LogP contribution >= 0.6 is 11.3 Å². The summed E-state index contributed by atoms with van der Waals surface area (Å²) in [5, 5.41) is 16.5. The minimum absolute atomic E-state index is 0.103. The van der Waals surface area contributed by atoms with E-state index in [4.69, 9.17) is 5.11 Å². The summed E-state index contributed by atoms with van der Waals surface area (Å²) in [4.78, 5) is 11.3. The molecular weight excluding hydrogens is 314 g/mol. The fourth-order valence-electron chi connectivity index (χ4n) is 1.62. The second-order valence-corrected chi connectivity index (χ2v) is 7.21. The number of rotatable bonds is 6. The van der Waals surface area contributed by atoms with Gasteiger partial charge in [-0.15, -0.1) is 11.3 Å². The topological polar surface area (TPSA) is 103 Å². The zero-order valence-corrected chi connectivity index (χ0v) is 12.7. The second-order valence-electron chi connectivity index (χ2n) is 4.22. The molecule has 112 valence electrons. The van der Waals surface area contributed by atoms with Crippen molar-refractivity contribution in [3.63, 3.8) is 0 Å². The summed E-state index contributed by atoms with van der Waals surface area (Å²) in [6.07, 6.45) is 5.09. The lowest BCUT2D eigenvalue weighted by Gasteiger charge is -2.14. The van der Waals surface area contributed by atoms with E-state index in [-0.39, 0.29) is 11.4 Å². The smallest absolute Gasteiger partial charge is 0.328 e. The van der Waals surface area contributed by atoms with Gasteiger partial charge in [-0.1, -0.05) is 0 Å². The quantitative estimate of drug-likeness (QED) is 0.780. The van der Waals surface area contributed by atoms with Crippen molar-refractivity contribution in [3.05, 3.63) is 40.4 Å². The van der Waals surface area contributed by atoms with E-state index in [9.17, 15) is 13.2 Å². The maximum Gasteiger partial charge on any atom is 0.328 e. The summed E-state index contributed by atoms with van der Waals surface area (Å²) < 4.78 is 25.6. The number of aromatic nitrogens is 2. The maximum absolute atomic E-state index is 12.2. The Balaban J connectivity index is 2.10. The standard InChI is InChI=1S/C12H13N3O4S2/c1-15(21(18,19)11-5-13-14-6-11)7-9-4-10(20-8-9)2-3-12(16)17/h2-6,8H,7H2,1H3,(H,13,14)(H,16,17). The van der Waals surface area contributed by atoms with E-state index in [1.807, 2.05) is 0 Å². The van der Waals surface area contributed by atoms with Crippen LogP contribution in [0, 0.1) is 0 Å². The average Bonchev–Trinajstić information content (AvgIpc) is 3.07. The van der Waals surface area contributed by atoms with E-state index >= 15 is 0 Å². The number of sulfonamides is 1. The van der Waals surface area contributed by atoms with Crippen LogP contribution in [0.4, 0.5) is 0 Å². The number of aliphatic carboxylic acids is 1. The molecule has 2 N–H and O–H groups in total. The van der Waals surface area contributed by atoms with Crippen LogP contribution in [0.3, 0.4) is 0 Å². The number of aromatic amines is 1. The van der Waals surface area contributed by atoms with Crippen molar-refractivity contribution in [2.75, 3.05) is 7.05 Å². The van der Waals surface area contributed by atoms with Gasteiger partial charge in [0.15, 0.2) is 0 Å². The van der Waals surface area contributed by atoms with Crippen molar-refractivity contribution in [1.29, 1.82) is 0 Å². The molecule has 0 atom stereocenters. The average molecular weight is 327 g/mol. The van der Waals surface area contributed by atoms with E-state index in [0.29, 0.717) is 0 Å². The Morgan fingerprint density at radius 1 is 1.57 bits per heavy atom. The van der Waals surface area contributed by atoms with Gasteiger partial charge in [0.05, 0.1) is 6.20 Å². The number of thiophene rings is 1. The zero-order chi connectivity index (χ0) is 15.5. The molecule has 0 radical (unpaired) electrons. The number of hydrogen-bond acceptors (Lipinski definition) is 5. The molecule has 0 aliphatic heterocycles. The lowest BCUT2D eigenvalue weighted by Crippen LogP contribution is -2.25. The number of carbonyl (C=O) groups is 1. The van der Waals surface area contributed by atoms with Crippen LogP contribution in [0.5, 0.6) is 0 Å². The van der Waals surface area contributed by atoms with Crippen molar-refractivity contribution in [3.8, 4) is 0 Å². The van der Waals surface area contributed by atoms with Crippen LogP contribution in [-0.2, 0) is 21.4 Å². The highest BCUT2D eigenvalue weighted by Gasteiger charge is 2.22. The molecule has 2 heterocycles. The van der Waals surface area contributed by atoms with Gasteiger partial charge in [-0.25, -0.2) is 13.2 Å². The van der Waals surface area contributed by atoms with E-state index in [1.54, 1.807) is 11.4 Å². The fourth-order valence-corrected chi connectivity index (χ4v) is 3.48. The van der Waals surface area contributed by atoms with Gasteiger partial charge in [0.1, 0.15) is 4.90 Å². The highest BCUT2D eigenvalue weighted by molar-refractivity contribution is 7.89.